The number of halogens is 1. The van der Waals surface area contributed by atoms with Crippen molar-refractivity contribution in [2.24, 2.45) is 5.73 Å². The summed E-state index contributed by atoms with van der Waals surface area (Å²) in [5, 5.41) is 0. The van der Waals surface area contributed by atoms with Gasteiger partial charge in [-0.1, -0.05) is 12.1 Å². The van der Waals surface area contributed by atoms with Gasteiger partial charge < -0.3 is 15.1 Å². The number of amides is 2. The number of nitrogens with two attached hydrogens (primary N) is 1. The molecule has 2 amide bonds. The van der Waals surface area contributed by atoms with Crippen molar-refractivity contribution in [1.29, 1.82) is 0 Å². The molecule has 0 radical (unpaired) electrons. The zero-order valence-corrected chi connectivity index (χ0v) is 11.7. The Morgan fingerprint density at radius 2 is 2.09 bits per heavy atom. The van der Waals surface area contributed by atoms with Crippen LogP contribution in [0.4, 0.5) is 4.39 Å². The number of rotatable bonds is 3. The molecule has 1 saturated heterocycles. The Kier molecular flexibility index (Phi) is 3.66. The fourth-order valence-electron chi connectivity index (χ4n) is 2.71. The lowest BCUT2D eigenvalue weighted by atomic mass is 10.0. The van der Waals surface area contributed by atoms with Crippen molar-refractivity contribution >= 4 is 11.8 Å². The Morgan fingerprint density at radius 1 is 1.27 bits per heavy atom. The van der Waals surface area contributed by atoms with Gasteiger partial charge in [0.2, 0.25) is 5.91 Å². The SMILES string of the molecule is NC(=O)[C@@H]1C[C@@H](F)CN1C(=O)c1cccc(-c2ccoc2)c1. The maximum Gasteiger partial charge on any atom is 0.254 e. The molecular weight excluding hydrogens is 287 g/mol. The van der Waals surface area contributed by atoms with Crippen molar-refractivity contribution in [3.63, 3.8) is 0 Å². The first-order valence-electron chi connectivity index (χ1n) is 6.93. The topological polar surface area (TPSA) is 76.5 Å². The molecule has 2 N–H and O–H groups in total. The number of primary amides is 1. The highest BCUT2D eigenvalue weighted by molar-refractivity contribution is 5.98. The molecule has 5 nitrogen and oxygen atoms in total. The van der Waals surface area contributed by atoms with Crippen molar-refractivity contribution < 1.29 is 18.4 Å². The largest absolute Gasteiger partial charge is 0.472 e. The predicted molar refractivity (Wildman–Crippen MR) is 77.7 cm³/mol. The van der Waals surface area contributed by atoms with Crippen LogP contribution < -0.4 is 5.73 Å². The molecule has 0 aliphatic carbocycles. The monoisotopic (exact) mass is 302 g/mol. The van der Waals surface area contributed by atoms with Crippen LogP contribution in [-0.4, -0.2) is 35.5 Å². The Hall–Kier alpha value is -2.63. The summed E-state index contributed by atoms with van der Waals surface area (Å²) in [4.78, 5) is 25.2. The average Bonchev–Trinajstić information content (AvgIpc) is 3.16. The molecule has 3 rings (SSSR count). The molecule has 1 aromatic carbocycles. The molecule has 0 spiro atoms. The number of alkyl halides is 1. The van der Waals surface area contributed by atoms with Crippen LogP contribution in [0.2, 0.25) is 0 Å². The summed E-state index contributed by atoms with van der Waals surface area (Å²) in [7, 11) is 0. The third-order valence-corrected chi connectivity index (χ3v) is 3.80. The predicted octanol–water partition coefficient (Wildman–Crippen LogP) is 1.98. The van der Waals surface area contributed by atoms with Gasteiger partial charge in [-0.15, -0.1) is 0 Å². The maximum absolute atomic E-state index is 13.5. The number of hydrogen-bond donors (Lipinski definition) is 1. The van der Waals surface area contributed by atoms with E-state index in [-0.39, 0.29) is 13.0 Å². The van der Waals surface area contributed by atoms with Gasteiger partial charge in [0, 0.05) is 17.5 Å². The van der Waals surface area contributed by atoms with Crippen molar-refractivity contribution in [1.82, 2.24) is 4.90 Å². The fourth-order valence-corrected chi connectivity index (χ4v) is 2.71. The number of carbonyl (C=O) groups excluding carboxylic acids is 2. The lowest BCUT2D eigenvalue weighted by molar-refractivity contribution is -0.121. The van der Waals surface area contributed by atoms with Crippen molar-refractivity contribution in [3.8, 4) is 11.1 Å². The van der Waals surface area contributed by atoms with Crippen molar-refractivity contribution in [2.45, 2.75) is 18.6 Å². The van der Waals surface area contributed by atoms with Gasteiger partial charge in [0.05, 0.1) is 19.1 Å². The molecule has 114 valence electrons. The van der Waals surface area contributed by atoms with E-state index in [1.807, 2.05) is 6.07 Å². The third kappa shape index (κ3) is 2.59. The number of furan rings is 1. The van der Waals surface area contributed by atoms with Crippen LogP contribution in [0.1, 0.15) is 16.8 Å². The van der Waals surface area contributed by atoms with Crippen LogP contribution in [0.25, 0.3) is 11.1 Å². The lowest BCUT2D eigenvalue weighted by Gasteiger charge is -2.22. The van der Waals surface area contributed by atoms with Gasteiger partial charge in [0.15, 0.2) is 0 Å². The lowest BCUT2D eigenvalue weighted by Crippen LogP contribution is -2.43. The smallest absolute Gasteiger partial charge is 0.254 e. The fraction of sp³-hybridized carbons (Fsp3) is 0.250. The number of hydrogen-bond acceptors (Lipinski definition) is 3. The first-order valence-corrected chi connectivity index (χ1v) is 6.93. The number of benzene rings is 1. The summed E-state index contributed by atoms with van der Waals surface area (Å²) >= 11 is 0. The minimum absolute atomic E-state index is 0.0392. The summed E-state index contributed by atoms with van der Waals surface area (Å²) in [6.45, 7) is -0.109. The number of nitrogens with zero attached hydrogens (tertiary/aromatic N) is 1. The van der Waals surface area contributed by atoms with Crippen molar-refractivity contribution in [3.05, 3.63) is 48.4 Å². The first kappa shape index (κ1) is 14.3. The average molecular weight is 302 g/mol. The zero-order chi connectivity index (χ0) is 15.7. The molecule has 2 aromatic rings. The molecule has 0 saturated carbocycles. The maximum atomic E-state index is 13.5. The summed E-state index contributed by atoms with van der Waals surface area (Å²) in [5.74, 6) is -1.08. The Labute approximate surface area is 126 Å². The molecule has 1 aliphatic rings. The van der Waals surface area contributed by atoms with Crippen molar-refractivity contribution in [2.75, 3.05) is 6.54 Å². The van der Waals surface area contributed by atoms with E-state index in [1.165, 1.54) is 4.90 Å². The Bertz CT molecular complexity index is 699. The highest BCUT2D eigenvalue weighted by Crippen LogP contribution is 2.25. The normalized spacial score (nSPS) is 21.0. The van der Waals surface area contributed by atoms with Crippen LogP contribution in [0.3, 0.4) is 0 Å². The van der Waals surface area contributed by atoms with E-state index in [4.69, 9.17) is 10.2 Å². The van der Waals surface area contributed by atoms with Gasteiger partial charge in [-0.25, -0.2) is 4.39 Å². The van der Waals surface area contributed by atoms with Crippen LogP contribution in [-0.2, 0) is 4.79 Å². The van der Waals surface area contributed by atoms with Gasteiger partial charge in [0.1, 0.15) is 12.2 Å². The van der Waals surface area contributed by atoms with Crippen LogP contribution >= 0.6 is 0 Å². The molecule has 1 fully saturated rings. The van der Waals surface area contributed by atoms with Gasteiger partial charge in [-0.05, 0) is 23.8 Å². The first-order chi connectivity index (χ1) is 10.6. The standard InChI is InChI=1S/C16H15FN2O3/c17-13-7-14(15(18)20)19(8-13)16(21)11-3-1-2-10(6-11)12-4-5-22-9-12/h1-6,9,13-14H,7-8H2,(H2,18,20)/t13-,14+/m1/s1. The molecule has 6 heteroatoms. The molecule has 0 unspecified atom stereocenters. The zero-order valence-electron chi connectivity index (χ0n) is 11.7. The minimum Gasteiger partial charge on any atom is -0.472 e. The molecule has 2 heterocycles. The van der Waals surface area contributed by atoms with Gasteiger partial charge in [-0.3, -0.25) is 9.59 Å². The second-order valence-electron chi connectivity index (χ2n) is 5.30. The second-order valence-corrected chi connectivity index (χ2v) is 5.30. The van der Waals surface area contributed by atoms with Crippen LogP contribution in [0.5, 0.6) is 0 Å². The van der Waals surface area contributed by atoms with E-state index in [1.54, 1.807) is 36.8 Å². The van der Waals surface area contributed by atoms with Gasteiger partial charge >= 0.3 is 0 Å². The molecule has 22 heavy (non-hydrogen) atoms. The van der Waals surface area contributed by atoms with E-state index in [2.05, 4.69) is 0 Å². The third-order valence-electron chi connectivity index (χ3n) is 3.80. The molecule has 0 bridgehead atoms. The Morgan fingerprint density at radius 3 is 2.77 bits per heavy atom. The second kappa shape index (κ2) is 5.63. The van der Waals surface area contributed by atoms with E-state index < -0.39 is 24.0 Å². The molecule has 1 aromatic heterocycles. The molecular formula is C16H15FN2O3. The van der Waals surface area contributed by atoms with Gasteiger partial charge in [0.25, 0.3) is 5.91 Å². The van der Waals surface area contributed by atoms with Crippen LogP contribution in [0, 0.1) is 0 Å². The van der Waals surface area contributed by atoms with Crippen LogP contribution in [0.15, 0.2) is 47.3 Å². The minimum atomic E-state index is -1.22. The highest BCUT2D eigenvalue weighted by Gasteiger charge is 2.39. The molecule has 2 atom stereocenters. The van der Waals surface area contributed by atoms with E-state index in [0.717, 1.165) is 11.1 Å². The van der Waals surface area contributed by atoms with Gasteiger partial charge in [-0.2, -0.15) is 0 Å². The quantitative estimate of drug-likeness (QED) is 0.942. The number of likely N-dealkylation sites (tertiary alicyclic amines) is 1. The summed E-state index contributed by atoms with van der Waals surface area (Å²) in [6.07, 6.45) is 1.85. The summed E-state index contributed by atoms with van der Waals surface area (Å²) in [6, 6.07) is 7.79. The van der Waals surface area contributed by atoms with E-state index >= 15 is 0 Å². The Balaban J connectivity index is 1.89. The number of carbonyl (C=O) groups is 2. The molecule has 1 aliphatic heterocycles. The van der Waals surface area contributed by atoms with E-state index in [0.29, 0.717) is 5.56 Å². The summed E-state index contributed by atoms with van der Waals surface area (Å²) < 4.78 is 18.6. The highest BCUT2D eigenvalue weighted by atomic mass is 19.1. The summed E-state index contributed by atoms with van der Waals surface area (Å²) in [5.41, 5.74) is 7.30. The van der Waals surface area contributed by atoms with E-state index in [9.17, 15) is 14.0 Å².